The zero-order valence-corrected chi connectivity index (χ0v) is 17.5. The fourth-order valence-electron chi connectivity index (χ4n) is 3.25. The van der Waals surface area contributed by atoms with Crippen LogP contribution in [0.25, 0.3) is 5.69 Å². The van der Waals surface area contributed by atoms with Gasteiger partial charge in [0.1, 0.15) is 0 Å². The second-order valence-corrected chi connectivity index (χ2v) is 8.50. The number of aryl methyl sites for hydroxylation is 1. The Morgan fingerprint density at radius 1 is 1.29 bits per heavy atom. The minimum atomic E-state index is -3.75. The fourth-order valence-corrected chi connectivity index (χ4v) is 3.76. The monoisotopic (exact) mass is 402 g/mol. The van der Waals surface area contributed by atoms with E-state index >= 15 is 0 Å². The zero-order valence-electron chi connectivity index (χ0n) is 16.6. The summed E-state index contributed by atoms with van der Waals surface area (Å²) in [5, 5.41) is 14.1. The topological polar surface area (TPSA) is 109 Å². The molecule has 0 bridgehead atoms. The molecule has 7 nitrogen and oxygen atoms in total. The zero-order chi connectivity index (χ0) is 21.1. The Kier molecular flexibility index (Phi) is 6.77. The van der Waals surface area contributed by atoms with E-state index < -0.39 is 10.0 Å². The lowest BCUT2D eigenvalue weighted by Gasteiger charge is -2.20. The van der Waals surface area contributed by atoms with Crippen LogP contribution < -0.4 is 5.14 Å². The molecule has 0 aliphatic heterocycles. The molecule has 8 heteroatoms. The maximum atomic E-state index is 12.9. The number of hydrogen-bond acceptors (Lipinski definition) is 5. The molecule has 0 amide bonds. The molecule has 0 fully saturated rings. The van der Waals surface area contributed by atoms with Crippen LogP contribution in [0.3, 0.4) is 0 Å². The van der Waals surface area contributed by atoms with Crippen molar-refractivity contribution in [2.75, 3.05) is 19.6 Å². The number of nitrogens with zero attached hydrogens (tertiary/aromatic N) is 3. The number of carbonyl (C=O) groups excluding carboxylic acids is 1. The van der Waals surface area contributed by atoms with Crippen LogP contribution in [0.1, 0.15) is 35.6 Å². The van der Waals surface area contributed by atoms with Gasteiger partial charge in [0.05, 0.1) is 23.4 Å². The van der Waals surface area contributed by atoms with E-state index in [1.54, 1.807) is 12.1 Å². The van der Waals surface area contributed by atoms with Crippen LogP contribution in [0.15, 0.2) is 35.2 Å². The minimum Gasteiger partial charge on any atom is -0.318 e. The number of Topliss-reactive ketones (excluding diaryl/α,β-unsaturated/α-hetero) is 1. The maximum Gasteiger partial charge on any atom is 0.238 e. The summed E-state index contributed by atoms with van der Waals surface area (Å²) < 4.78 is 24.8. The van der Waals surface area contributed by atoms with E-state index in [0.717, 1.165) is 17.1 Å². The number of hydrogen-bond donors (Lipinski definition) is 1. The van der Waals surface area contributed by atoms with Gasteiger partial charge >= 0.3 is 0 Å². The summed E-state index contributed by atoms with van der Waals surface area (Å²) in [6.45, 7) is 9.04. The van der Waals surface area contributed by atoms with E-state index in [1.807, 2.05) is 43.2 Å². The SMILES string of the molecule is CCN(CC(=O)c1cc(C)n(-c2ccc(S(N)(=O)=O)cc2)c1C)CC(C)C#N. The molecular weight excluding hydrogens is 376 g/mol. The summed E-state index contributed by atoms with van der Waals surface area (Å²) in [4.78, 5) is 14.9. The molecule has 28 heavy (non-hydrogen) atoms. The molecular formula is C20H26N4O3S. The summed E-state index contributed by atoms with van der Waals surface area (Å²) in [6.07, 6.45) is 0. The third-order valence-corrected chi connectivity index (χ3v) is 5.65. The van der Waals surface area contributed by atoms with Crippen molar-refractivity contribution >= 4 is 15.8 Å². The van der Waals surface area contributed by atoms with Crippen molar-refractivity contribution in [1.29, 1.82) is 5.26 Å². The molecule has 0 radical (unpaired) electrons. The lowest BCUT2D eigenvalue weighted by molar-refractivity contribution is 0.0928. The van der Waals surface area contributed by atoms with Gasteiger partial charge in [-0.25, -0.2) is 13.6 Å². The second kappa shape index (κ2) is 8.69. The first-order valence-electron chi connectivity index (χ1n) is 9.05. The number of likely N-dealkylation sites (N-methyl/N-ethyl adjacent to an activating group) is 1. The molecule has 0 aliphatic rings. The van der Waals surface area contributed by atoms with E-state index in [2.05, 4.69) is 6.07 Å². The molecule has 2 N–H and O–H groups in total. The molecule has 0 saturated carbocycles. The highest BCUT2D eigenvalue weighted by molar-refractivity contribution is 7.89. The maximum absolute atomic E-state index is 12.9. The van der Waals surface area contributed by atoms with Crippen molar-refractivity contribution in [3.8, 4) is 11.8 Å². The number of carbonyl (C=O) groups is 1. The largest absolute Gasteiger partial charge is 0.318 e. The number of aromatic nitrogens is 1. The molecule has 1 unspecified atom stereocenters. The Morgan fingerprint density at radius 2 is 1.89 bits per heavy atom. The summed E-state index contributed by atoms with van der Waals surface area (Å²) >= 11 is 0. The van der Waals surface area contributed by atoms with Crippen LogP contribution >= 0.6 is 0 Å². The van der Waals surface area contributed by atoms with Crippen LogP contribution in [-0.2, 0) is 10.0 Å². The van der Waals surface area contributed by atoms with Gasteiger partial charge in [-0.1, -0.05) is 6.92 Å². The lowest BCUT2D eigenvalue weighted by atomic mass is 10.1. The standard InChI is InChI=1S/C20H26N4O3S/c1-5-23(12-14(2)11-21)13-20(25)19-10-15(3)24(16(19)4)17-6-8-18(9-7-17)28(22,26)27/h6-10,14H,5,12-13H2,1-4H3,(H2,22,26,27). The highest BCUT2D eigenvalue weighted by Crippen LogP contribution is 2.22. The molecule has 0 spiro atoms. The van der Waals surface area contributed by atoms with Crippen LogP contribution in [0, 0.1) is 31.1 Å². The smallest absolute Gasteiger partial charge is 0.238 e. The average molecular weight is 403 g/mol. The first kappa shape index (κ1) is 21.8. The van der Waals surface area contributed by atoms with E-state index in [9.17, 15) is 13.2 Å². The molecule has 2 aromatic rings. The van der Waals surface area contributed by atoms with Crippen molar-refractivity contribution < 1.29 is 13.2 Å². The number of ketones is 1. The Balaban J connectivity index is 2.30. The van der Waals surface area contributed by atoms with Crippen molar-refractivity contribution in [3.63, 3.8) is 0 Å². The number of sulfonamides is 1. The predicted molar refractivity (Wildman–Crippen MR) is 108 cm³/mol. The van der Waals surface area contributed by atoms with Crippen molar-refractivity contribution in [2.24, 2.45) is 11.1 Å². The van der Waals surface area contributed by atoms with Crippen molar-refractivity contribution in [3.05, 3.63) is 47.3 Å². The Labute approximate surface area is 166 Å². The third-order valence-electron chi connectivity index (χ3n) is 4.72. The van der Waals surface area contributed by atoms with E-state index in [4.69, 9.17) is 10.4 Å². The molecule has 150 valence electrons. The summed E-state index contributed by atoms with van der Waals surface area (Å²) in [5.74, 6) is -0.148. The number of primary sulfonamides is 1. The van der Waals surface area contributed by atoms with Gasteiger partial charge in [0.25, 0.3) is 0 Å². The van der Waals surface area contributed by atoms with Gasteiger partial charge in [0.15, 0.2) is 5.78 Å². The molecule has 1 heterocycles. The Hall–Kier alpha value is -2.47. The van der Waals surface area contributed by atoms with Crippen molar-refractivity contribution in [2.45, 2.75) is 32.6 Å². The average Bonchev–Trinajstić information content (AvgIpc) is 2.94. The van der Waals surface area contributed by atoms with Gasteiger partial charge < -0.3 is 4.57 Å². The predicted octanol–water partition coefficient (Wildman–Crippen LogP) is 2.41. The first-order valence-corrected chi connectivity index (χ1v) is 10.6. The normalized spacial score (nSPS) is 12.8. The first-order chi connectivity index (χ1) is 13.1. The van der Waals surface area contributed by atoms with Crippen LogP contribution in [-0.4, -0.2) is 43.3 Å². The van der Waals surface area contributed by atoms with Gasteiger partial charge in [-0.05, 0) is 57.6 Å². The Morgan fingerprint density at radius 3 is 2.39 bits per heavy atom. The van der Waals surface area contributed by atoms with Crippen LogP contribution in [0.5, 0.6) is 0 Å². The summed E-state index contributed by atoms with van der Waals surface area (Å²) in [7, 11) is -3.75. The summed E-state index contributed by atoms with van der Waals surface area (Å²) in [5.41, 5.74) is 3.04. The van der Waals surface area contributed by atoms with Crippen LogP contribution in [0.4, 0.5) is 0 Å². The molecule has 2 rings (SSSR count). The van der Waals surface area contributed by atoms with Gasteiger partial charge in [0.2, 0.25) is 10.0 Å². The van der Waals surface area contributed by atoms with Gasteiger partial charge in [-0.3, -0.25) is 9.69 Å². The second-order valence-electron chi connectivity index (χ2n) is 6.94. The third kappa shape index (κ3) is 4.87. The fraction of sp³-hybridized carbons (Fsp3) is 0.400. The van der Waals surface area contributed by atoms with Gasteiger partial charge in [-0.15, -0.1) is 0 Å². The summed E-state index contributed by atoms with van der Waals surface area (Å²) in [6, 6.07) is 10.3. The van der Waals surface area contributed by atoms with E-state index in [0.29, 0.717) is 18.7 Å². The van der Waals surface area contributed by atoms with E-state index in [1.165, 1.54) is 12.1 Å². The molecule has 0 saturated heterocycles. The number of rotatable bonds is 8. The highest BCUT2D eigenvalue weighted by Gasteiger charge is 2.20. The number of nitriles is 1. The highest BCUT2D eigenvalue weighted by atomic mass is 32.2. The van der Waals surface area contributed by atoms with Crippen molar-refractivity contribution in [1.82, 2.24) is 9.47 Å². The molecule has 1 aromatic carbocycles. The molecule has 1 atom stereocenters. The number of benzene rings is 1. The quantitative estimate of drug-likeness (QED) is 0.682. The minimum absolute atomic E-state index is 0.00695. The van der Waals surface area contributed by atoms with Crippen LogP contribution in [0.2, 0.25) is 0 Å². The van der Waals surface area contributed by atoms with Gasteiger partial charge in [0, 0.05) is 29.2 Å². The van der Waals surface area contributed by atoms with E-state index in [-0.39, 0.29) is 23.1 Å². The Bertz CT molecular complexity index is 1000. The number of nitrogens with two attached hydrogens (primary N) is 1. The lowest BCUT2D eigenvalue weighted by Crippen LogP contribution is -2.33. The molecule has 0 aliphatic carbocycles. The molecule has 1 aromatic heterocycles. The van der Waals surface area contributed by atoms with Gasteiger partial charge in [-0.2, -0.15) is 5.26 Å².